The molecule has 3 fully saturated rings. The number of ether oxygens (including phenoxy) is 1. The van der Waals surface area contributed by atoms with Gasteiger partial charge in [0, 0.05) is 35.5 Å². The Hall–Kier alpha value is -3.61. The minimum Gasteiger partial charge on any atom is -0.480 e. The number of fused-ring (bicyclic) bond motifs is 1. The summed E-state index contributed by atoms with van der Waals surface area (Å²) in [5.74, 6) is -0.426. The zero-order valence-corrected chi connectivity index (χ0v) is 19.5. The zero-order valence-electron chi connectivity index (χ0n) is 19.5. The molecule has 3 aliphatic carbocycles. The highest BCUT2D eigenvalue weighted by Gasteiger charge is 2.70. The van der Waals surface area contributed by atoms with E-state index >= 15 is 0 Å². The summed E-state index contributed by atoms with van der Waals surface area (Å²) in [7, 11) is 0. The second kappa shape index (κ2) is 7.95. The number of carbonyl (C=O) groups is 1. The molecule has 0 radical (unpaired) electrons. The van der Waals surface area contributed by atoms with E-state index in [1.807, 2.05) is 0 Å². The molecular formula is C25H20F6N4O3. The van der Waals surface area contributed by atoms with Crippen LogP contribution in [0.4, 0.5) is 26.3 Å². The van der Waals surface area contributed by atoms with Crippen molar-refractivity contribution in [2.24, 2.45) is 0 Å². The van der Waals surface area contributed by atoms with Crippen LogP contribution in [0.5, 0.6) is 5.75 Å². The van der Waals surface area contributed by atoms with Gasteiger partial charge in [-0.05, 0) is 49.6 Å². The van der Waals surface area contributed by atoms with Crippen LogP contribution in [0.2, 0.25) is 0 Å². The number of aliphatic hydroxyl groups excluding tert-OH is 1. The number of hydrogen-bond acceptors (Lipinski definition) is 5. The van der Waals surface area contributed by atoms with Gasteiger partial charge in [-0.1, -0.05) is 0 Å². The number of alkyl halides is 6. The van der Waals surface area contributed by atoms with Crippen molar-refractivity contribution in [2.45, 2.75) is 61.3 Å². The lowest BCUT2D eigenvalue weighted by molar-refractivity contribution is -0.165. The molecule has 7 rings (SSSR count). The van der Waals surface area contributed by atoms with Gasteiger partial charge in [-0.2, -0.15) is 31.4 Å². The number of aromatic nitrogens is 3. The quantitative estimate of drug-likeness (QED) is 0.474. The summed E-state index contributed by atoms with van der Waals surface area (Å²) in [6.45, 7) is 0. The Bertz CT molecular complexity index is 1400. The fourth-order valence-electron chi connectivity index (χ4n) is 5.68. The van der Waals surface area contributed by atoms with E-state index in [-0.39, 0.29) is 23.3 Å². The standard InChI is InChI=1S/C25H20F6N4O3/c26-24(27,28)14-2-4-19-16(5-14)18(36)6-20(38-19)21(37)34-22-10-23(11-22,12-22)35-9-13(7-33-35)17-3-1-15(8-32-17)25(29,30)31/h1-5,7-9,18,20,36H,6,10-12H2,(H,34,37)/t18-,20+,22?,23?/m0/s1. The molecule has 4 aliphatic rings. The van der Waals surface area contributed by atoms with Gasteiger partial charge in [-0.15, -0.1) is 0 Å². The lowest BCUT2D eigenvalue weighted by Crippen LogP contribution is -2.79. The van der Waals surface area contributed by atoms with E-state index in [1.165, 1.54) is 12.3 Å². The molecule has 2 atom stereocenters. The smallest absolute Gasteiger partial charge is 0.417 e. The molecule has 3 heterocycles. The number of nitrogens with zero attached hydrogens (tertiary/aromatic N) is 3. The van der Waals surface area contributed by atoms with Crippen LogP contribution in [0, 0.1) is 0 Å². The Morgan fingerprint density at radius 1 is 1.03 bits per heavy atom. The topological polar surface area (TPSA) is 89.3 Å². The molecule has 2 N–H and O–H groups in total. The van der Waals surface area contributed by atoms with Crippen LogP contribution < -0.4 is 10.1 Å². The highest BCUT2D eigenvalue weighted by Crippen LogP contribution is 2.65. The normalized spacial score (nSPS) is 28.0. The Balaban J connectivity index is 1.08. The number of carbonyl (C=O) groups excluding carboxylic acids is 1. The molecule has 1 amide bonds. The molecule has 0 spiro atoms. The van der Waals surface area contributed by atoms with Gasteiger partial charge >= 0.3 is 12.4 Å². The molecule has 3 saturated carbocycles. The van der Waals surface area contributed by atoms with Gasteiger partial charge in [0.05, 0.1) is 34.7 Å². The first-order valence-electron chi connectivity index (χ1n) is 11.7. The van der Waals surface area contributed by atoms with E-state index in [9.17, 15) is 36.2 Å². The highest BCUT2D eigenvalue weighted by molar-refractivity contribution is 5.83. The van der Waals surface area contributed by atoms with Crippen LogP contribution in [-0.2, 0) is 22.7 Å². The molecule has 13 heteroatoms. The second-order valence-electron chi connectivity index (χ2n) is 10.2. The molecule has 1 aliphatic heterocycles. The van der Waals surface area contributed by atoms with Crippen LogP contribution >= 0.6 is 0 Å². The summed E-state index contributed by atoms with van der Waals surface area (Å²) in [6, 6.07) is 5.03. The van der Waals surface area contributed by atoms with Crippen molar-refractivity contribution in [1.29, 1.82) is 0 Å². The SMILES string of the molecule is O=C(NC12CC(n3cc(-c4ccc(C(F)(F)F)cn4)cn3)(C1)C2)[C@H]1C[C@H](O)c2cc(C(F)(F)F)ccc2O1. The average molecular weight is 538 g/mol. The number of nitrogens with one attached hydrogen (secondary N) is 1. The highest BCUT2D eigenvalue weighted by atomic mass is 19.4. The molecule has 38 heavy (non-hydrogen) atoms. The van der Waals surface area contributed by atoms with Gasteiger partial charge in [-0.25, -0.2) is 0 Å². The number of hydrogen-bond donors (Lipinski definition) is 2. The van der Waals surface area contributed by atoms with E-state index in [2.05, 4.69) is 15.4 Å². The maximum Gasteiger partial charge on any atom is 0.417 e. The van der Waals surface area contributed by atoms with Gasteiger partial charge in [0.2, 0.25) is 0 Å². The minimum atomic E-state index is -4.56. The average Bonchev–Trinajstić information content (AvgIpc) is 3.29. The predicted octanol–water partition coefficient (Wildman–Crippen LogP) is 4.62. The first kappa shape index (κ1) is 24.7. The third-order valence-electron chi connectivity index (χ3n) is 7.54. The van der Waals surface area contributed by atoms with Crippen LogP contribution in [0.15, 0.2) is 48.9 Å². The van der Waals surface area contributed by atoms with E-state index in [0.29, 0.717) is 30.5 Å². The fourth-order valence-corrected chi connectivity index (χ4v) is 5.68. The maximum absolute atomic E-state index is 13.0. The predicted molar refractivity (Wildman–Crippen MR) is 119 cm³/mol. The summed E-state index contributed by atoms with van der Waals surface area (Å²) in [5.41, 5.74) is -1.64. The summed E-state index contributed by atoms with van der Waals surface area (Å²) in [5, 5.41) is 17.7. The van der Waals surface area contributed by atoms with E-state index < -0.39 is 47.1 Å². The lowest BCUT2D eigenvalue weighted by atomic mass is 9.44. The van der Waals surface area contributed by atoms with Crippen LogP contribution in [0.1, 0.15) is 48.5 Å². The Morgan fingerprint density at radius 2 is 1.71 bits per heavy atom. The first-order valence-corrected chi connectivity index (χ1v) is 11.7. The number of amides is 1. The number of benzene rings is 1. The molecule has 0 saturated heterocycles. The van der Waals surface area contributed by atoms with Crippen molar-refractivity contribution >= 4 is 5.91 Å². The van der Waals surface area contributed by atoms with Gasteiger partial charge < -0.3 is 15.2 Å². The maximum atomic E-state index is 13.0. The summed E-state index contributed by atoms with van der Waals surface area (Å²) >= 11 is 0. The third-order valence-corrected chi connectivity index (χ3v) is 7.54. The van der Waals surface area contributed by atoms with Crippen molar-refractivity contribution in [2.75, 3.05) is 0 Å². The monoisotopic (exact) mass is 538 g/mol. The Kier molecular flexibility index (Phi) is 5.17. The van der Waals surface area contributed by atoms with Crippen LogP contribution in [0.3, 0.4) is 0 Å². The van der Waals surface area contributed by atoms with E-state index in [4.69, 9.17) is 4.74 Å². The molecule has 0 unspecified atom stereocenters. The molecule has 3 aromatic rings. The molecule has 2 bridgehead atoms. The first-order chi connectivity index (χ1) is 17.8. The van der Waals surface area contributed by atoms with Crippen LogP contribution in [-0.4, -0.2) is 37.4 Å². The number of aliphatic hydroxyl groups is 1. The number of pyridine rings is 1. The van der Waals surface area contributed by atoms with Gasteiger partial charge in [-0.3, -0.25) is 14.5 Å². The summed E-state index contributed by atoms with van der Waals surface area (Å²) in [4.78, 5) is 16.8. The third kappa shape index (κ3) is 3.99. The van der Waals surface area contributed by atoms with Gasteiger partial charge in [0.1, 0.15) is 5.75 Å². The molecule has 7 nitrogen and oxygen atoms in total. The van der Waals surface area contributed by atoms with Crippen LogP contribution in [0.25, 0.3) is 11.3 Å². The fraction of sp³-hybridized carbons (Fsp3) is 0.400. The van der Waals surface area contributed by atoms with Gasteiger partial charge in [0.15, 0.2) is 6.10 Å². The molecule has 200 valence electrons. The Labute approximate surface area is 211 Å². The second-order valence-corrected chi connectivity index (χ2v) is 10.2. The summed E-state index contributed by atoms with van der Waals surface area (Å²) in [6.07, 6.45) is -5.80. The largest absolute Gasteiger partial charge is 0.480 e. The number of halogens is 6. The van der Waals surface area contributed by atoms with E-state index in [0.717, 1.165) is 30.5 Å². The Morgan fingerprint density at radius 3 is 2.34 bits per heavy atom. The molecular weight excluding hydrogens is 518 g/mol. The van der Waals surface area contributed by atoms with Crippen molar-refractivity contribution in [3.05, 3.63) is 65.6 Å². The van der Waals surface area contributed by atoms with Crippen molar-refractivity contribution in [3.63, 3.8) is 0 Å². The lowest BCUT2D eigenvalue weighted by Gasteiger charge is -2.70. The zero-order chi connectivity index (χ0) is 27.1. The van der Waals surface area contributed by atoms with Crippen molar-refractivity contribution in [3.8, 4) is 17.0 Å². The minimum absolute atomic E-state index is 0.00892. The molecule has 2 aromatic heterocycles. The molecule has 1 aromatic carbocycles. The van der Waals surface area contributed by atoms with Crippen molar-refractivity contribution in [1.82, 2.24) is 20.1 Å². The van der Waals surface area contributed by atoms with Gasteiger partial charge in [0.25, 0.3) is 5.91 Å². The summed E-state index contributed by atoms with van der Waals surface area (Å²) < 4.78 is 84.7. The van der Waals surface area contributed by atoms with E-state index in [1.54, 1.807) is 10.9 Å². The van der Waals surface area contributed by atoms with Crippen molar-refractivity contribution < 1.29 is 41.0 Å². The number of rotatable bonds is 4.